The first-order valence-corrected chi connectivity index (χ1v) is 9.59. The fourth-order valence-corrected chi connectivity index (χ4v) is 4.20. The Hall–Kier alpha value is -1.82. The van der Waals surface area contributed by atoms with Gasteiger partial charge in [-0.3, -0.25) is 4.79 Å². The molecule has 1 aliphatic heterocycles. The van der Waals surface area contributed by atoms with Gasteiger partial charge in [-0.05, 0) is 44.1 Å². The van der Waals surface area contributed by atoms with Crippen molar-refractivity contribution in [2.75, 3.05) is 26.7 Å². The van der Waals surface area contributed by atoms with Crippen molar-refractivity contribution in [1.29, 1.82) is 0 Å². The Labute approximate surface area is 156 Å². The Balaban J connectivity index is 2.05. The van der Waals surface area contributed by atoms with Gasteiger partial charge < -0.3 is 19.9 Å². The molecular formula is C20H33N3O3. The standard InChI is InChI=1S/C20H33N3O3/c1-7-16-17(20(25)26-6)15(5)18(22-16)19(24)21-14(4)11-23-9-12(2)8-13(3)10-23/h12-14,22H,7-11H2,1-6H3,(H,21,24)/t12-,13+,14-/m0/s1. The van der Waals surface area contributed by atoms with Gasteiger partial charge in [-0.15, -0.1) is 0 Å². The molecule has 6 heteroatoms. The van der Waals surface area contributed by atoms with E-state index in [-0.39, 0.29) is 11.9 Å². The molecular weight excluding hydrogens is 330 g/mol. The molecule has 3 atom stereocenters. The molecule has 1 aromatic rings. The molecule has 0 spiro atoms. The van der Waals surface area contributed by atoms with Crippen LogP contribution in [-0.4, -0.2) is 54.5 Å². The minimum Gasteiger partial charge on any atom is -0.465 e. The third-order valence-corrected chi connectivity index (χ3v) is 5.15. The number of nitrogens with one attached hydrogen (secondary N) is 2. The van der Waals surface area contributed by atoms with Crippen LogP contribution in [0.5, 0.6) is 0 Å². The van der Waals surface area contributed by atoms with E-state index >= 15 is 0 Å². The van der Waals surface area contributed by atoms with Crippen LogP contribution < -0.4 is 5.32 Å². The molecule has 0 radical (unpaired) electrons. The summed E-state index contributed by atoms with van der Waals surface area (Å²) >= 11 is 0. The average Bonchev–Trinajstić information content (AvgIpc) is 2.89. The molecule has 146 valence electrons. The van der Waals surface area contributed by atoms with E-state index in [1.165, 1.54) is 13.5 Å². The molecule has 1 fully saturated rings. The number of hydrogen-bond donors (Lipinski definition) is 2. The lowest BCUT2D eigenvalue weighted by atomic mass is 9.92. The number of hydrogen-bond acceptors (Lipinski definition) is 4. The van der Waals surface area contributed by atoms with E-state index in [0.717, 1.165) is 25.3 Å². The Morgan fingerprint density at radius 3 is 2.46 bits per heavy atom. The van der Waals surface area contributed by atoms with Crippen molar-refractivity contribution in [1.82, 2.24) is 15.2 Å². The van der Waals surface area contributed by atoms with Gasteiger partial charge in [0.1, 0.15) is 5.69 Å². The molecule has 1 aliphatic rings. The van der Waals surface area contributed by atoms with E-state index in [1.807, 2.05) is 13.8 Å². The second kappa shape index (κ2) is 8.71. The first-order chi connectivity index (χ1) is 12.3. The normalized spacial score (nSPS) is 22.1. The van der Waals surface area contributed by atoms with Gasteiger partial charge in [0.25, 0.3) is 5.91 Å². The summed E-state index contributed by atoms with van der Waals surface area (Å²) in [6.07, 6.45) is 1.91. The van der Waals surface area contributed by atoms with E-state index in [1.54, 1.807) is 6.92 Å². The highest BCUT2D eigenvalue weighted by Crippen LogP contribution is 2.22. The van der Waals surface area contributed by atoms with E-state index < -0.39 is 5.97 Å². The molecule has 1 aromatic heterocycles. The Bertz CT molecular complexity index is 643. The number of rotatable bonds is 6. The van der Waals surface area contributed by atoms with Gasteiger partial charge in [-0.1, -0.05) is 20.8 Å². The van der Waals surface area contributed by atoms with Crippen LogP contribution in [0.2, 0.25) is 0 Å². The van der Waals surface area contributed by atoms with Crippen LogP contribution in [0, 0.1) is 18.8 Å². The van der Waals surface area contributed by atoms with Gasteiger partial charge in [-0.2, -0.15) is 0 Å². The number of nitrogens with zero attached hydrogens (tertiary/aromatic N) is 1. The number of aromatic amines is 1. The minimum absolute atomic E-state index is 0.0364. The lowest BCUT2D eigenvalue weighted by molar-refractivity contribution is 0.0599. The number of esters is 1. The van der Waals surface area contributed by atoms with E-state index in [9.17, 15) is 9.59 Å². The molecule has 26 heavy (non-hydrogen) atoms. The minimum atomic E-state index is -0.404. The van der Waals surface area contributed by atoms with E-state index in [2.05, 4.69) is 29.0 Å². The molecule has 1 amide bonds. The van der Waals surface area contributed by atoms with Gasteiger partial charge in [0.15, 0.2) is 0 Å². The van der Waals surface area contributed by atoms with Crippen LogP contribution in [0.3, 0.4) is 0 Å². The van der Waals surface area contributed by atoms with Crippen LogP contribution in [0.1, 0.15) is 66.2 Å². The van der Waals surface area contributed by atoms with Crippen molar-refractivity contribution in [3.05, 3.63) is 22.5 Å². The largest absolute Gasteiger partial charge is 0.465 e. The molecule has 0 aliphatic carbocycles. The number of carbonyl (C=O) groups is 2. The molecule has 2 rings (SSSR count). The fraction of sp³-hybridized carbons (Fsp3) is 0.700. The molecule has 2 heterocycles. The number of amides is 1. The molecule has 0 unspecified atom stereocenters. The highest BCUT2D eigenvalue weighted by molar-refractivity contribution is 6.00. The number of H-pyrrole nitrogens is 1. The van der Waals surface area contributed by atoms with Crippen molar-refractivity contribution in [3.8, 4) is 0 Å². The Morgan fingerprint density at radius 2 is 1.92 bits per heavy atom. The first kappa shape index (κ1) is 20.5. The van der Waals surface area contributed by atoms with Crippen LogP contribution in [-0.2, 0) is 11.2 Å². The van der Waals surface area contributed by atoms with Crippen LogP contribution >= 0.6 is 0 Å². The van der Waals surface area contributed by atoms with Crippen molar-refractivity contribution in [2.24, 2.45) is 11.8 Å². The molecule has 0 saturated carbocycles. The summed E-state index contributed by atoms with van der Waals surface area (Å²) < 4.78 is 4.86. The maximum Gasteiger partial charge on any atom is 0.339 e. The lowest BCUT2D eigenvalue weighted by Crippen LogP contribution is -2.47. The van der Waals surface area contributed by atoms with Crippen LogP contribution in [0.25, 0.3) is 0 Å². The van der Waals surface area contributed by atoms with E-state index in [0.29, 0.717) is 35.1 Å². The maximum atomic E-state index is 12.7. The summed E-state index contributed by atoms with van der Waals surface area (Å²) in [6, 6.07) is 0.0364. The predicted molar refractivity (Wildman–Crippen MR) is 103 cm³/mol. The van der Waals surface area contributed by atoms with Gasteiger partial charge >= 0.3 is 5.97 Å². The molecule has 6 nitrogen and oxygen atoms in total. The third-order valence-electron chi connectivity index (χ3n) is 5.15. The van der Waals surface area contributed by atoms with Crippen molar-refractivity contribution in [3.63, 3.8) is 0 Å². The van der Waals surface area contributed by atoms with Crippen molar-refractivity contribution in [2.45, 2.75) is 53.5 Å². The van der Waals surface area contributed by atoms with Crippen LogP contribution in [0.4, 0.5) is 0 Å². The van der Waals surface area contributed by atoms with Crippen LogP contribution in [0.15, 0.2) is 0 Å². The summed E-state index contributed by atoms with van der Waals surface area (Å²) in [6.45, 7) is 13.3. The van der Waals surface area contributed by atoms with Gasteiger partial charge in [-0.25, -0.2) is 4.79 Å². The average molecular weight is 364 g/mol. The zero-order valence-corrected chi connectivity index (χ0v) is 16.9. The van der Waals surface area contributed by atoms with Crippen molar-refractivity contribution >= 4 is 11.9 Å². The predicted octanol–water partition coefficient (Wildman–Crippen LogP) is 2.77. The number of ether oxygens (including phenoxy) is 1. The zero-order valence-electron chi connectivity index (χ0n) is 16.9. The van der Waals surface area contributed by atoms with E-state index in [4.69, 9.17) is 4.74 Å². The van der Waals surface area contributed by atoms with Gasteiger partial charge in [0.05, 0.1) is 12.7 Å². The number of likely N-dealkylation sites (tertiary alicyclic amines) is 1. The highest BCUT2D eigenvalue weighted by Gasteiger charge is 2.26. The molecule has 0 bridgehead atoms. The van der Waals surface area contributed by atoms with Crippen molar-refractivity contribution < 1.29 is 14.3 Å². The molecule has 1 saturated heterocycles. The third kappa shape index (κ3) is 4.67. The summed E-state index contributed by atoms with van der Waals surface area (Å²) in [7, 11) is 1.36. The summed E-state index contributed by atoms with van der Waals surface area (Å²) in [5.74, 6) is 0.820. The number of methoxy groups -OCH3 is 1. The summed E-state index contributed by atoms with van der Waals surface area (Å²) in [5.41, 5.74) is 2.32. The maximum absolute atomic E-state index is 12.7. The quantitative estimate of drug-likeness (QED) is 0.762. The highest BCUT2D eigenvalue weighted by atomic mass is 16.5. The Kier molecular flexibility index (Phi) is 6.87. The number of aromatic nitrogens is 1. The van der Waals surface area contributed by atoms with Gasteiger partial charge in [0, 0.05) is 31.4 Å². The van der Waals surface area contributed by atoms with Gasteiger partial charge in [0.2, 0.25) is 0 Å². The Morgan fingerprint density at radius 1 is 1.31 bits per heavy atom. The number of carbonyl (C=O) groups excluding carboxylic acids is 2. The second-order valence-electron chi connectivity index (χ2n) is 7.86. The summed E-state index contributed by atoms with van der Waals surface area (Å²) in [4.78, 5) is 30.3. The topological polar surface area (TPSA) is 74.4 Å². The first-order valence-electron chi connectivity index (χ1n) is 9.59. The lowest BCUT2D eigenvalue weighted by Gasteiger charge is -2.36. The monoisotopic (exact) mass is 363 g/mol. The smallest absolute Gasteiger partial charge is 0.339 e. The summed E-state index contributed by atoms with van der Waals surface area (Å²) in [5, 5.41) is 3.07. The second-order valence-corrected chi connectivity index (χ2v) is 7.86. The SMILES string of the molecule is CCc1[nH]c(C(=O)N[C@@H](C)CN2C[C@H](C)C[C@H](C)C2)c(C)c1C(=O)OC. The fourth-order valence-electron chi connectivity index (χ4n) is 4.20. The number of piperidine rings is 1. The molecule has 2 N–H and O–H groups in total. The molecule has 0 aromatic carbocycles. The number of aryl methyl sites for hydroxylation is 1. The zero-order chi connectivity index (χ0) is 19.4.